The summed E-state index contributed by atoms with van der Waals surface area (Å²) in [6, 6.07) is 8.34. The fourth-order valence-electron chi connectivity index (χ4n) is 1.81. The summed E-state index contributed by atoms with van der Waals surface area (Å²) in [4.78, 5) is 11.0. The molecule has 4 heteroatoms. The van der Waals surface area contributed by atoms with Gasteiger partial charge in [-0.05, 0) is 37.6 Å². The Balaban J connectivity index is 2.42. The lowest BCUT2D eigenvalue weighted by molar-refractivity contribution is -0.140. The molecule has 0 saturated heterocycles. The Morgan fingerprint density at radius 2 is 2.21 bits per heavy atom. The van der Waals surface area contributed by atoms with Gasteiger partial charge in [0.15, 0.2) is 0 Å². The maximum Gasteiger partial charge on any atom is 0.305 e. The molecule has 1 aromatic carbocycles. The predicted octanol–water partition coefficient (Wildman–Crippen LogP) is 2.69. The zero-order chi connectivity index (χ0) is 14.1. The summed E-state index contributed by atoms with van der Waals surface area (Å²) in [5.74, 6) is 0.644. The van der Waals surface area contributed by atoms with Gasteiger partial charge in [0.1, 0.15) is 5.75 Å². The first-order valence-electron chi connectivity index (χ1n) is 6.70. The van der Waals surface area contributed by atoms with Crippen LogP contribution in [0.15, 0.2) is 24.3 Å². The van der Waals surface area contributed by atoms with Crippen LogP contribution in [0.4, 0.5) is 0 Å². The van der Waals surface area contributed by atoms with Gasteiger partial charge in [0.25, 0.3) is 0 Å². The number of hydrogen-bond acceptors (Lipinski definition) is 4. The van der Waals surface area contributed by atoms with E-state index in [2.05, 4.69) is 30.0 Å². The molecule has 1 unspecified atom stereocenters. The van der Waals surface area contributed by atoms with Gasteiger partial charge < -0.3 is 14.8 Å². The first kappa shape index (κ1) is 15.5. The van der Waals surface area contributed by atoms with Crippen molar-refractivity contribution in [1.82, 2.24) is 5.32 Å². The highest BCUT2D eigenvalue weighted by Crippen LogP contribution is 2.19. The van der Waals surface area contributed by atoms with Crippen LogP contribution in [-0.4, -0.2) is 26.2 Å². The van der Waals surface area contributed by atoms with Crippen LogP contribution in [0, 0.1) is 0 Å². The van der Waals surface area contributed by atoms with E-state index in [0.717, 1.165) is 12.3 Å². The van der Waals surface area contributed by atoms with Crippen LogP contribution < -0.4 is 10.1 Å². The van der Waals surface area contributed by atoms with Crippen molar-refractivity contribution in [1.29, 1.82) is 0 Å². The van der Waals surface area contributed by atoms with Gasteiger partial charge in [-0.15, -0.1) is 0 Å². The molecule has 0 aliphatic carbocycles. The van der Waals surface area contributed by atoms with Crippen LogP contribution in [0.5, 0.6) is 5.75 Å². The second-order valence-electron chi connectivity index (χ2n) is 4.38. The van der Waals surface area contributed by atoms with Crippen LogP contribution in [-0.2, 0) is 9.53 Å². The summed E-state index contributed by atoms with van der Waals surface area (Å²) >= 11 is 0. The van der Waals surface area contributed by atoms with Crippen LogP contribution in [0.2, 0.25) is 0 Å². The normalized spacial score (nSPS) is 11.9. The van der Waals surface area contributed by atoms with Crippen molar-refractivity contribution in [2.75, 3.05) is 20.3 Å². The summed E-state index contributed by atoms with van der Waals surface area (Å²) < 4.78 is 10.2. The number of nitrogens with one attached hydrogen (secondary N) is 1. The molecule has 19 heavy (non-hydrogen) atoms. The Kier molecular flexibility index (Phi) is 6.97. The molecule has 0 fully saturated rings. The Morgan fingerprint density at radius 3 is 2.89 bits per heavy atom. The third kappa shape index (κ3) is 5.75. The molecule has 0 spiro atoms. The van der Waals surface area contributed by atoms with E-state index in [0.29, 0.717) is 25.5 Å². The van der Waals surface area contributed by atoms with Crippen molar-refractivity contribution in [3.05, 3.63) is 29.8 Å². The van der Waals surface area contributed by atoms with Gasteiger partial charge in [-0.3, -0.25) is 4.79 Å². The fraction of sp³-hybridized carbons (Fsp3) is 0.533. The van der Waals surface area contributed by atoms with Crippen LogP contribution in [0.1, 0.15) is 38.3 Å². The molecule has 0 aliphatic heterocycles. The van der Waals surface area contributed by atoms with E-state index in [9.17, 15) is 4.79 Å². The molecule has 0 radical (unpaired) electrons. The average Bonchev–Trinajstić information content (AvgIpc) is 2.44. The summed E-state index contributed by atoms with van der Waals surface area (Å²) in [6.45, 7) is 5.67. The molecular weight excluding hydrogens is 242 g/mol. The van der Waals surface area contributed by atoms with Crippen LogP contribution >= 0.6 is 0 Å². The lowest BCUT2D eigenvalue weighted by Crippen LogP contribution is -2.17. The van der Waals surface area contributed by atoms with Crippen molar-refractivity contribution in [2.24, 2.45) is 0 Å². The second kappa shape index (κ2) is 8.53. The molecular formula is C15H23NO3. The van der Waals surface area contributed by atoms with Crippen molar-refractivity contribution < 1.29 is 14.3 Å². The fourth-order valence-corrected chi connectivity index (χ4v) is 1.81. The molecule has 1 rings (SSSR count). The molecule has 0 bridgehead atoms. The van der Waals surface area contributed by atoms with E-state index in [-0.39, 0.29) is 5.97 Å². The van der Waals surface area contributed by atoms with E-state index in [1.807, 2.05) is 18.2 Å². The van der Waals surface area contributed by atoms with E-state index < -0.39 is 0 Å². The third-order valence-electron chi connectivity index (χ3n) is 2.89. The number of carbonyl (C=O) groups is 1. The summed E-state index contributed by atoms with van der Waals surface area (Å²) in [5.41, 5.74) is 1.20. The summed E-state index contributed by atoms with van der Waals surface area (Å²) in [7, 11) is 1.40. The summed E-state index contributed by atoms with van der Waals surface area (Å²) in [6.07, 6.45) is 1.06. The highest BCUT2D eigenvalue weighted by Gasteiger charge is 2.05. The number of benzene rings is 1. The third-order valence-corrected chi connectivity index (χ3v) is 2.89. The van der Waals surface area contributed by atoms with Gasteiger partial charge in [-0.2, -0.15) is 0 Å². The molecule has 0 aliphatic rings. The highest BCUT2D eigenvalue weighted by molar-refractivity contribution is 5.69. The lowest BCUT2D eigenvalue weighted by Gasteiger charge is -2.14. The zero-order valence-electron chi connectivity index (χ0n) is 11.9. The average molecular weight is 265 g/mol. The molecule has 1 N–H and O–H groups in total. The maximum atomic E-state index is 11.0. The predicted molar refractivity (Wildman–Crippen MR) is 75.3 cm³/mol. The van der Waals surface area contributed by atoms with Gasteiger partial charge in [0, 0.05) is 12.5 Å². The maximum absolute atomic E-state index is 11.0. The second-order valence-corrected chi connectivity index (χ2v) is 4.38. The molecule has 4 nitrogen and oxygen atoms in total. The van der Waals surface area contributed by atoms with Crippen molar-refractivity contribution in [2.45, 2.75) is 32.7 Å². The molecule has 0 amide bonds. The van der Waals surface area contributed by atoms with Gasteiger partial charge in [0.05, 0.1) is 13.7 Å². The van der Waals surface area contributed by atoms with E-state index in [4.69, 9.17) is 4.74 Å². The minimum atomic E-state index is -0.196. The number of carbonyl (C=O) groups excluding carboxylic acids is 1. The quantitative estimate of drug-likeness (QED) is 0.580. The molecule has 106 valence electrons. The van der Waals surface area contributed by atoms with E-state index in [1.54, 1.807) is 0 Å². The minimum Gasteiger partial charge on any atom is -0.494 e. The highest BCUT2D eigenvalue weighted by atomic mass is 16.5. The van der Waals surface area contributed by atoms with E-state index >= 15 is 0 Å². The SMILES string of the molecule is CCNC(C)c1cccc(OCCCC(=O)OC)c1. The van der Waals surface area contributed by atoms with E-state index in [1.165, 1.54) is 12.7 Å². The zero-order valence-corrected chi connectivity index (χ0v) is 11.9. The first-order valence-corrected chi connectivity index (χ1v) is 6.70. The van der Waals surface area contributed by atoms with Crippen LogP contribution in [0.25, 0.3) is 0 Å². The standard InChI is InChI=1S/C15H23NO3/c1-4-16-12(2)13-7-5-8-14(11-13)19-10-6-9-15(17)18-3/h5,7-8,11-12,16H,4,6,9-10H2,1-3H3. The Hall–Kier alpha value is -1.55. The van der Waals surface area contributed by atoms with Crippen molar-refractivity contribution >= 4 is 5.97 Å². The molecule has 0 aromatic heterocycles. The summed E-state index contributed by atoms with van der Waals surface area (Å²) in [5, 5.41) is 3.36. The molecule has 1 aromatic rings. The molecule has 0 saturated carbocycles. The van der Waals surface area contributed by atoms with Crippen molar-refractivity contribution in [3.63, 3.8) is 0 Å². The smallest absolute Gasteiger partial charge is 0.305 e. The van der Waals surface area contributed by atoms with Crippen molar-refractivity contribution in [3.8, 4) is 5.75 Å². The van der Waals surface area contributed by atoms with Gasteiger partial charge in [0.2, 0.25) is 0 Å². The minimum absolute atomic E-state index is 0.196. The Morgan fingerprint density at radius 1 is 1.42 bits per heavy atom. The largest absolute Gasteiger partial charge is 0.494 e. The van der Waals surface area contributed by atoms with Crippen LogP contribution in [0.3, 0.4) is 0 Å². The topological polar surface area (TPSA) is 47.6 Å². The Bertz CT molecular complexity index is 393. The number of rotatable bonds is 8. The number of hydrogen-bond donors (Lipinski definition) is 1. The molecule has 1 atom stereocenters. The Labute approximate surface area is 115 Å². The lowest BCUT2D eigenvalue weighted by atomic mass is 10.1. The number of methoxy groups -OCH3 is 1. The number of esters is 1. The van der Waals surface area contributed by atoms with Gasteiger partial charge >= 0.3 is 5.97 Å². The number of ether oxygens (including phenoxy) is 2. The van der Waals surface area contributed by atoms with Gasteiger partial charge in [-0.1, -0.05) is 19.1 Å². The first-order chi connectivity index (χ1) is 9.17. The van der Waals surface area contributed by atoms with Gasteiger partial charge in [-0.25, -0.2) is 0 Å². The monoisotopic (exact) mass is 265 g/mol. The molecule has 0 heterocycles.